The Bertz CT molecular complexity index is 672. The highest BCUT2D eigenvalue weighted by Crippen LogP contribution is 2.36. The first-order chi connectivity index (χ1) is 8.46. The van der Waals surface area contributed by atoms with Crippen LogP contribution in [0.15, 0.2) is 24.3 Å². The number of benzene rings is 1. The van der Waals surface area contributed by atoms with Crippen molar-refractivity contribution in [1.29, 1.82) is 0 Å². The van der Waals surface area contributed by atoms with E-state index in [-0.39, 0.29) is 17.8 Å². The van der Waals surface area contributed by atoms with Crippen molar-refractivity contribution in [2.24, 2.45) is 5.41 Å². The Labute approximate surface area is 120 Å². The van der Waals surface area contributed by atoms with Crippen molar-refractivity contribution in [1.82, 2.24) is 4.98 Å². The summed E-state index contributed by atoms with van der Waals surface area (Å²) < 4.78 is 0. The van der Waals surface area contributed by atoms with Gasteiger partial charge in [0.25, 0.3) is 0 Å². The topological polar surface area (TPSA) is 38.9 Å². The van der Waals surface area contributed by atoms with Crippen LogP contribution in [0.1, 0.15) is 30.7 Å². The number of halogens is 1. The molecule has 2 aromatic rings. The van der Waals surface area contributed by atoms with Gasteiger partial charge in [-0.15, -0.1) is 12.4 Å². The summed E-state index contributed by atoms with van der Waals surface area (Å²) in [5.41, 5.74) is 11.8. The van der Waals surface area contributed by atoms with Crippen LogP contribution in [0.25, 0.3) is 17.0 Å². The quantitative estimate of drug-likeness (QED) is 0.784. The maximum atomic E-state index is 6.29. The maximum Gasteiger partial charge on any atom is 0.0729 e. The van der Waals surface area contributed by atoms with Gasteiger partial charge in [-0.25, -0.2) is 0 Å². The first-order valence-electron chi connectivity index (χ1n) is 6.34. The lowest BCUT2D eigenvalue weighted by molar-refractivity contribution is 0.469. The number of aromatic nitrogens is 1. The third kappa shape index (κ3) is 2.33. The highest BCUT2D eigenvalue weighted by atomic mass is 35.5. The Hall–Kier alpha value is -1.54. The number of hydrogen-bond donors (Lipinski definition) is 1. The van der Waals surface area contributed by atoms with Crippen molar-refractivity contribution >= 4 is 35.1 Å². The first-order valence-corrected chi connectivity index (χ1v) is 6.34. The molecule has 1 aliphatic rings. The molecule has 0 saturated heterocycles. The molecule has 0 amide bonds. The van der Waals surface area contributed by atoms with Gasteiger partial charge in [-0.1, -0.05) is 38.1 Å². The van der Waals surface area contributed by atoms with E-state index in [0.717, 1.165) is 34.3 Å². The second-order valence-electron chi connectivity index (χ2n) is 5.91. The lowest BCUT2D eigenvalue weighted by Gasteiger charge is -2.26. The third-order valence-electron chi connectivity index (χ3n) is 3.62. The summed E-state index contributed by atoms with van der Waals surface area (Å²) in [6, 6.07) is 6.27. The molecule has 1 aliphatic carbocycles. The van der Waals surface area contributed by atoms with E-state index in [1.165, 1.54) is 5.56 Å². The van der Waals surface area contributed by atoms with Crippen LogP contribution in [-0.4, -0.2) is 4.98 Å². The fraction of sp³-hybridized carbons (Fsp3) is 0.312. The minimum Gasteiger partial charge on any atom is -0.398 e. The van der Waals surface area contributed by atoms with Gasteiger partial charge in [-0.05, 0) is 30.4 Å². The minimum atomic E-state index is 0. The third-order valence-corrected chi connectivity index (χ3v) is 3.62. The molecule has 0 saturated carbocycles. The molecule has 19 heavy (non-hydrogen) atoms. The van der Waals surface area contributed by atoms with Gasteiger partial charge < -0.3 is 5.73 Å². The zero-order chi connectivity index (χ0) is 12.9. The number of aryl methyl sites for hydroxylation is 1. The molecule has 1 aromatic carbocycles. The molecule has 0 spiro atoms. The Balaban J connectivity index is 0.00000133. The van der Waals surface area contributed by atoms with Gasteiger partial charge in [-0.3, -0.25) is 4.98 Å². The van der Waals surface area contributed by atoms with Gasteiger partial charge in [0, 0.05) is 10.9 Å². The second kappa shape index (κ2) is 4.53. The molecule has 2 N–H and O–H groups in total. The molecule has 1 heterocycles. The Morgan fingerprint density at radius 3 is 2.74 bits per heavy atom. The summed E-state index contributed by atoms with van der Waals surface area (Å²) >= 11 is 0. The predicted molar refractivity (Wildman–Crippen MR) is 84.7 cm³/mol. The molecule has 0 radical (unpaired) electrons. The van der Waals surface area contributed by atoms with Crippen LogP contribution in [0, 0.1) is 12.3 Å². The van der Waals surface area contributed by atoms with Crippen LogP contribution in [0.2, 0.25) is 0 Å². The van der Waals surface area contributed by atoms with Crippen molar-refractivity contribution in [2.75, 3.05) is 5.73 Å². The Kier molecular flexibility index (Phi) is 3.31. The van der Waals surface area contributed by atoms with Gasteiger partial charge >= 0.3 is 0 Å². The van der Waals surface area contributed by atoms with E-state index in [1.54, 1.807) is 0 Å². The lowest BCUT2D eigenvalue weighted by Crippen LogP contribution is -2.18. The normalized spacial score (nSPS) is 15.9. The molecular weight excluding hydrogens is 256 g/mol. The van der Waals surface area contributed by atoms with Crippen LogP contribution in [0.5, 0.6) is 0 Å². The summed E-state index contributed by atoms with van der Waals surface area (Å²) in [5, 5.41) is 1.06. The molecule has 3 heteroatoms. The summed E-state index contributed by atoms with van der Waals surface area (Å²) in [5.74, 6) is 0. The molecule has 0 bridgehead atoms. The SMILES string of the molecule is Cc1ccc2c(N)c3c(nc2c1)CC(C)(C)C=C3.Cl. The van der Waals surface area contributed by atoms with E-state index in [9.17, 15) is 0 Å². The molecule has 2 nitrogen and oxygen atoms in total. The molecule has 1 aromatic heterocycles. The number of fused-ring (bicyclic) bond motifs is 2. The van der Waals surface area contributed by atoms with Crippen LogP contribution < -0.4 is 5.73 Å². The van der Waals surface area contributed by atoms with Gasteiger partial charge in [0.05, 0.1) is 16.9 Å². The van der Waals surface area contributed by atoms with Crippen LogP contribution in [0.3, 0.4) is 0 Å². The number of allylic oxidation sites excluding steroid dienone is 1. The molecule has 100 valence electrons. The number of pyridine rings is 1. The van der Waals surface area contributed by atoms with Crippen molar-refractivity contribution in [3.63, 3.8) is 0 Å². The number of nitrogens with two attached hydrogens (primary N) is 1. The average Bonchev–Trinajstić information content (AvgIpc) is 2.27. The zero-order valence-corrected chi connectivity index (χ0v) is 12.3. The predicted octanol–water partition coefficient (Wildman–Crippen LogP) is 4.14. The number of nitrogens with zero attached hydrogens (tertiary/aromatic N) is 1. The highest BCUT2D eigenvalue weighted by Gasteiger charge is 2.23. The Morgan fingerprint density at radius 2 is 2.00 bits per heavy atom. The number of rotatable bonds is 0. The van der Waals surface area contributed by atoms with E-state index >= 15 is 0 Å². The van der Waals surface area contributed by atoms with Gasteiger partial charge in [0.2, 0.25) is 0 Å². The van der Waals surface area contributed by atoms with Crippen LogP contribution in [-0.2, 0) is 6.42 Å². The van der Waals surface area contributed by atoms with E-state index < -0.39 is 0 Å². The molecular formula is C16H19ClN2. The highest BCUT2D eigenvalue weighted by molar-refractivity contribution is 5.95. The monoisotopic (exact) mass is 274 g/mol. The molecule has 3 rings (SSSR count). The summed E-state index contributed by atoms with van der Waals surface area (Å²) in [6.07, 6.45) is 5.31. The van der Waals surface area contributed by atoms with E-state index in [4.69, 9.17) is 10.7 Å². The number of hydrogen-bond acceptors (Lipinski definition) is 2. The standard InChI is InChI=1S/C16H18N2.ClH/c1-10-4-5-11-13(8-10)18-14-9-16(2,3)7-6-12(14)15(11)17;/h4-8H,9H2,1-3H3,(H2,17,18);1H. The summed E-state index contributed by atoms with van der Waals surface area (Å²) in [4.78, 5) is 4.80. The lowest BCUT2D eigenvalue weighted by atomic mass is 9.81. The van der Waals surface area contributed by atoms with Crippen molar-refractivity contribution in [3.8, 4) is 0 Å². The van der Waals surface area contributed by atoms with E-state index in [1.807, 2.05) is 0 Å². The van der Waals surface area contributed by atoms with Gasteiger partial charge in [0.15, 0.2) is 0 Å². The average molecular weight is 275 g/mol. The zero-order valence-electron chi connectivity index (χ0n) is 11.5. The van der Waals surface area contributed by atoms with Gasteiger partial charge in [0.1, 0.15) is 0 Å². The fourth-order valence-electron chi connectivity index (χ4n) is 2.59. The second-order valence-corrected chi connectivity index (χ2v) is 5.91. The molecule has 0 atom stereocenters. The Morgan fingerprint density at radius 1 is 1.26 bits per heavy atom. The smallest absolute Gasteiger partial charge is 0.0729 e. The van der Waals surface area contributed by atoms with E-state index in [0.29, 0.717) is 0 Å². The number of nitrogen functional groups attached to an aromatic ring is 1. The molecule has 0 unspecified atom stereocenters. The van der Waals surface area contributed by atoms with Crippen LogP contribution >= 0.6 is 12.4 Å². The molecule has 0 aliphatic heterocycles. The van der Waals surface area contributed by atoms with Crippen molar-refractivity contribution in [3.05, 3.63) is 41.1 Å². The first kappa shape index (κ1) is 13.9. The van der Waals surface area contributed by atoms with Crippen molar-refractivity contribution < 1.29 is 0 Å². The fourth-order valence-corrected chi connectivity index (χ4v) is 2.59. The molecule has 0 fully saturated rings. The minimum absolute atomic E-state index is 0. The van der Waals surface area contributed by atoms with E-state index in [2.05, 4.69) is 51.1 Å². The van der Waals surface area contributed by atoms with Crippen molar-refractivity contribution in [2.45, 2.75) is 27.2 Å². The summed E-state index contributed by atoms with van der Waals surface area (Å²) in [6.45, 7) is 6.54. The van der Waals surface area contributed by atoms with Crippen LogP contribution in [0.4, 0.5) is 5.69 Å². The largest absolute Gasteiger partial charge is 0.398 e. The number of anilines is 1. The summed E-state index contributed by atoms with van der Waals surface area (Å²) in [7, 11) is 0. The van der Waals surface area contributed by atoms with Gasteiger partial charge in [-0.2, -0.15) is 0 Å². The maximum absolute atomic E-state index is 6.29.